The van der Waals surface area contributed by atoms with Gasteiger partial charge in [0.2, 0.25) is 0 Å². The summed E-state index contributed by atoms with van der Waals surface area (Å²) in [7, 11) is 0. The Kier molecular flexibility index (Phi) is 7.73. The number of unbranched alkanes of at least 4 members (excludes halogenated alkanes) is 2. The van der Waals surface area contributed by atoms with Crippen LogP contribution in [-0.4, -0.2) is 17.7 Å². The molecule has 0 rings (SSSR count). The lowest BCUT2D eigenvalue weighted by Gasteiger charge is -2.26. The van der Waals surface area contributed by atoms with Crippen molar-refractivity contribution in [1.82, 2.24) is 10.6 Å². The third kappa shape index (κ3) is 8.96. The minimum absolute atomic E-state index is 0.331. The van der Waals surface area contributed by atoms with Crippen LogP contribution in [0.15, 0.2) is 0 Å². The van der Waals surface area contributed by atoms with Crippen molar-refractivity contribution in [2.45, 2.75) is 66.3 Å². The largest absolute Gasteiger partial charge is 0.362 e. The molecule has 0 aromatic heterocycles. The predicted octanol–water partition coefficient (Wildman–Crippen LogP) is 3.47. The van der Waals surface area contributed by atoms with E-state index in [9.17, 15) is 0 Å². The van der Waals surface area contributed by atoms with Crippen LogP contribution in [0, 0.1) is 5.41 Å². The van der Waals surface area contributed by atoms with Crippen LogP contribution in [-0.2, 0) is 0 Å². The first-order valence-electron chi connectivity index (χ1n) is 6.42. The molecule has 0 bridgehead atoms. The van der Waals surface area contributed by atoms with E-state index in [0.29, 0.717) is 11.5 Å². The highest BCUT2D eigenvalue weighted by Gasteiger charge is 2.17. The number of nitrogens with one attached hydrogen (secondary N) is 2. The van der Waals surface area contributed by atoms with Gasteiger partial charge in [0.05, 0.1) is 0 Å². The molecule has 2 N–H and O–H groups in total. The van der Waals surface area contributed by atoms with E-state index in [2.05, 4.69) is 45.3 Å². The van der Waals surface area contributed by atoms with E-state index >= 15 is 0 Å². The number of thiocarbonyl (C=S) groups is 1. The second-order valence-electron chi connectivity index (χ2n) is 5.60. The first kappa shape index (κ1) is 15.7. The average molecular weight is 244 g/mol. The van der Waals surface area contributed by atoms with Gasteiger partial charge in [0.25, 0.3) is 0 Å². The van der Waals surface area contributed by atoms with Crippen LogP contribution >= 0.6 is 12.2 Å². The highest BCUT2D eigenvalue weighted by atomic mass is 32.1. The maximum atomic E-state index is 5.21. The van der Waals surface area contributed by atoms with E-state index < -0.39 is 0 Å². The Morgan fingerprint density at radius 2 is 1.88 bits per heavy atom. The Labute approximate surface area is 107 Å². The van der Waals surface area contributed by atoms with Gasteiger partial charge in [0.15, 0.2) is 5.11 Å². The van der Waals surface area contributed by atoms with E-state index in [0.717, 1.165) is 11.7 Å². The molecule has 0 saturated heterocycles. The van der Waals surface area contributed by atoms with Crippen molar-refractivity contribution in [2.24, 2.45) is 5.41 Å². The van der Waals surface area contributed by atoms with Crippen LogP contribution in [0.4, 0.5) is 0 Å². The molecular formula is C13H28N2S. The Morgan fingerprint density at radius 1 is 1.25 bits per heavy atom. The van der Waals surface area contributed by atoms with Crippen LogP contribution in [0.2, 0.25) is 0 Å². The number of rotatable bonds is 7. The zero-order valence-electron chi connectivity index (χ0n) is 11.5. The Morgan fingerprint density at radius 3 is 2.38 bits per heavy atom. The molecular weight excluding hydrogens is 216 g/mol. The van der Waals surface area contributed by atoms with Crippen molar-refractivity contribution in [2.75, 3.05) is 6.54 Å². The van der Waals surface area contributed by atoms with Crippen molar-refractivity contribution in [3.63, 3.8) is 0 Å². The van der Waals surface area contributed by atoms with Crippen molar-refractivity contribution >= 4 is 17.3 Å². The van der Waals surface area contributed by atoms with Crippen molar-refractivity contribution in [1.29, 1.82) is 0 Å². The van der Waals surface area contributed by atoms with Crippen LogP contribution in [0.1, 0.15) is 60.3 Å². The summed E-state index contributed by atoms with van der Waals surface area (Å²) >= 11 is 5.21. The molecule has 0 fully saturated rings. The second kappa shape index (κ2) is 7.88. The van der Waals surface area contributed by atoms with Gasteiger partial charge in [-0.3, -0.25) is 0 Å². The van der Waals surface area contributed by atoms with E-state index in [4.69, 9.17) is 12.2 Å². The molecule has 3 heteroatoms. The van der Waals surface area contributed by atoms with Crippen molar-refractivity contribution in [3.05, 3.63) is 0 Å². The SMILES string of the molecule is CCCCCC(C)(C)CNC(=S)NC(C)C. The maximum Gasteiger partial charge on any atom is 0.166 e. The van der Waals surface area contributed by atoms with Crippen molar-refractivity contribution in [3.8, 4) is 0 Å². The molecule has 16 heavy (non-hydrogen) atoms. The molecule has 96 valence electrons. The van der Waals surface area contributed by atoms with E-state index in [1.54, 1.807) is 0 Å². The summed E-state index contributed by atoms with van der Waals surface area (Å²) in [6.07, 6.45) is 5.20. The zero-order valence-corrected chi connectivity index (χ0v) is 12.3. The molecule has 0 saturated carbocycles. The molecule has 0 aliphatic rings. The fourth-order valence-electron chi connectivity index (χ4n) is 1.57. The van der Waals surface area contributed by atoms with Gasteiger partial charge in [-0.1, -0.05) is 40.0 Å². The fourth-order valence-corrected chi connectivity index (χ4v) is 1.88. The summed E-state index contributed by atoms with van der Waals surface area (Å²) < 4.78 is 0. The normalized spacial score (nSPS) is 11.6. The predicted molar refractivity (Wildman–Crippen MR) is 76.8 cm³/mol. The molecule has 0 radical (unpaired) electrons. The molecule has 0 aliphatic heterocycles. The first-order chi connectivity index (χ1) is 7.37. The lowest BCUT2D eigenvalue weighted by Crippen LogP contribution is -2.43. The number of hydrogen-bond donors (Lipinski definition) is 2. The van der Waals surface area contributed by atoms with Crippen molar-refractivity contribution < 1.29 is 0 Å². The Balaban J connectivity index is 3.75. The van der Waals surface area contributed by atoms with Gasteiger partial charge >= 0.3 is 0 Å². The van der Waals surface area contributed by atoms with Gasteiger partial charge < -0.3 is 10.6 Å². The van der Waals surface area contributed by atoms with E-state index in [1.807, 2.05) is 0 Å². The standard InChI is InChI=1S/C13H28N2S/c1-6-7-8-9-13(4,5)10-14-12(16)15-11(2)3/h11H,6-10H2,1-5H3,(H2,14,15,16). The summed E-state index contributed by atoms with van der Waals surface area (Å²) in [4.78, 5) is 0. The molecule has 0 aliphatic carbocycles. The number of hydrogen-bond acceptors (Lipinski definition) is 1. The minimum Gasteiger partial charge on any atom is -0.362 e. The topological polar surface area (TPSA) is 24.1 Å². The Bertz CT molecular complexity index is 200. The van der Waals surface area contributed by atoms with Crippen LogP contribution in [0.3, 0.4) is 0 Å². The van der Waals surface area contributed by atoms with Gasteiger partial charge in [-0.25, -0.2) is 0 Å². The highest BCUT2D eigenvalue weighted by molar-refractivity contribution is 7.80. The summed E-state index contributed by atoms with van der Waals surface area (Å²) in [5, 5.41) is 7.28. The van der Waals surface area contributed by atoms with Gasteiger partial charge in [0.1, 0.15) is 0 Å². The van der Waals surface area contributed by atoms with Crippen LogP contribution in [0.25, 0.3) is 0 Å². The Hall–Kier alpha value is -0.310. The van der Waals surface area contributed by atoms with E-state index in [1.165, 1.54) is 25.7 Å². The average Bonchev–Trinajstić information content (AvgIpc) is 2.14. The monoisotopic (exact) mass is 244 g/mol. The summed E-state index contributed by atoms with van der Waals surface area (Å²) in [5.74, 6) is 0. The molecule has 2 nitrogen and oxygen atoms in total. The quantitative estimate of drug-likeness (QED) is 0.530. The maximum absolute atomic E-state index is 5.21. The van der Waals surface area contributed by atoms with Crippen LogP contribution in [0.5, 0.6) is 0 Å². The molecule has 0 unspecified atom stereocenters. The first-order valence-corrected chi connectivity index (χ1v) is 6.82. The zero-order chi connectivity index (χ0) is 12.6. The summed E-state index contributed by atoms with van der Waals surface area (Å²) in [6, 6.07) is 0.406. The van der Waals surface area contributed by atoms with E-state index in [-0.39, 0.29) is 0 Å². The van der Waals surface area contributed by atoms with Gasteiger partial charge in [-0.15, -0.1) is 0 Å². The summed E-state index contributed by atoms with van der Waals surface area (Å²) in [6.45, 7) is 12.0. The fraction of sp³-hybridized carbons (Fsp3) is 0.923. The molecule has 0 aromatic carbocycles. The molecule has 0 amide bonds. The molecule has 0 spiro atoms. The third-order valence-corrected chi connectivity index (χ3v) is 2.87. The third-order valence-electron chi connectivity index (χ3n) is 2.60. The lowest BCUT2D eigenvalue weighted by molar-refractivity contribution is 0.319. The highest BCUT2D eigenvalue weighted by Crippen LogP contribution is 2.22. The van der Waals surface area contributed by atoms with Gasteiger partial charge in [-0.2, -0.15) is 0 Å². The van der Waals surface area contributed by atoms with Gasteiger partial charge in [-0.05, 0) is 37.9 Å². The van der Waals surface area contributed by atoms with Gasteiger partial charge in [0, 0.05) is 12.6 Å². The summed E-state index contributed by atoms with van der Waals surface area (Å²) in [5.41, 5.74) is 0.331. The van der Waals surface area contributed by atoms with Crippen LogP contribution < -0.4 is 10.6 Å². The molecule has 0 atom stereocenters. The molecule has 0 heterocycles. The lowest BCUT2D eigenvalue weighted by atomic mass is 9.87. The molecule has 0 aromatic rings. The smallest absolute Gasteiger partial charge is 0.166 e. The second-order valence-corrected chi connectivity index (χ2v) is 6.01. The minimum atomic E-state index is 0.331.